The maximum absolute atomic E-state index is 5.80. The molecule has 2 aromatic heterocycles. The van der Waals surface area contributed by atoms with Gasteiger partial charge in [0.1, 0.15) is 18.2 Å². The number of benzene rings is 2. The van der Waals surface area contributed by atoms with Crippen LogP contribution in [-0.4, -0.2) is 19.7 Å². The molecular formula is C16H12N4O. The molecule has 4 rings (SSSR count). The van der Waals surface area contributed by atoms with E-state index in [0.29, 0.717) is 5.89 Å². The molecule has 0 radical (unpaired) electrons. The van der Waals surface area contributed by atoms with Crippen LogP contribution in [-0.2, 0) is 0 Å². The Morgan fingerprint density at radius 3 is 2.48 bits per heavy atom. The van der Waals surface area contributed by atoms with Crippen LogP contribution >= 0.6 is 0 Å². The summed E-state index contributed by atoms with van der Waals surface area (Å²) in [7, 11) is 0. The Kier molecular flexibility index (Phi) is 2.57. The summed E-state index contributed by atoms with van der Waals surface area (Å²) in [5.41, 5.74) is 4.80. The van der Waals surface area contributed by atoms with Crippen molar-refractivity contribution in [1.29, 1.82) is 0 Å². The second-order valence-corrected chi connectivity index (χ2v) is 4.91. The molecule has 0 saturated carbocycles. The van der Waals surface area contributed by atoms with Gasteiger partial charge in [-0.2, -0.15) is 0 Å². The van der Waals surface area contributed by atoms with Crippen LogP contribution < -0.4 is 0 Å². The highest BCUT2D eigenvalue weighted by molar-refractivity contribution is 5.77. The van der Waals surface area contributed by atoms with Gasteiger partial charge >= 0.3 is 0 Å². The summed E-state index contributed by atoms with van der Waals surface area (Å²) in [5.74, 6) is 0.630. The predicted octanol–water partition coefficient (Wildman–Crippen LogP) is 3.38. The zero-order valence-electron chi connectivity index (χ0n) is 11.4. The van der Waals surface area contributed by atoms with E-state index in [4.69, 9.17) is 4.42 Å². The van der Waals surface area contributed by atoms with E-state index in [1.807, 2.05) is 54.0 Å². The molecule has 0 aliphatic heterocycles. The molecule has 4 aromatic rings. The highest BCUT2D eigenvalue weighted by Gasteiger charge is 2.08. The van der Waals surface area contributed by atoms with Crippen LogP contribution in [0.25, 0.3) is 28.2 Å². The lowest BCUT2D eigenvalue weighted by molar-refractivity contribution is 0.620. The first-order valence-corrected chi connectivity index (χ1v) is 6.62. The van der Waals surface area contributed by atoms with E-state index < -0.39 is 0 Å². The minimum absolute atomic E-state index is 0.630. The Morgan fingerprint density at radius 1 is 0.952 bits per heavy atom. The summed E-state index contributed by atoms with van der Waals surface area (Å²) in [6, 6.07) is 13.9. The molecule has 0 fully saturated rings. The summed E-state index contributed by atoms with van der Waals surface area (Å²) >= 11 is 0. The SMILES string of the molecule is Cc1ccc2oc(-c3ccc(-n4cnnc4)cc3)nc2c1. The zero-order chi connectivity index (χ0) is 14.2. The summed E-state index contributed by atoms with van der Waals surface area (Å²) < 4.78 is 7.64. The summed E-state index contributed by atoms with van der Waals surface area (Å²) in [6.45, 7) is 2.04. The molecule has 2 heterocycles. The summed E-state index contributed by atoms with van der Waals surface area (Å²) in [6.07, 6.45) is 3.33. The quantitative estimate of drug-likeness (QED) is 0.563. The van der Waals surface area contributed by atoms with Gasteiger partial charge in [-0.25, -0.2) is 4.98 Å². The van der Waals surface area contributed by atoms with Crippen LogP contribution in [0, 0.1) is 6.92 Å². The first-order valence-electron chi connectivity index (χ1n) is 6.62. The summed E-state index contributed by atoms with van der Waals surface area (Å²) in [5, 5.41) is 7.60. The smallest absolute Gasteiger partial charge is 0.227 e. The second-order valence-electron chi connectivity index (χ2n) is 4.91. The van der Waals surface area contributed by atoms with E-state index in [-0.39, 0.29) is 0 Å². The molecule has 5 heteroatoms. The van der Waals surface area contributed by atoms with E-state index in [9.17, 15) is 0 Å². The number of oxazole rings is 1. The summed E-state index contributed by atoms with van der Waals surface area (Å²) in [4.78, 5) is 4.54. The van der Waals surface area contributed by atoms with Crippen LogP contribution in [0.5, 0.6) is 0 Å². The Morgan fingerprint density at radius 2 is 1.71 bits per heavy atom. The van der Waals surface area contributed by atoms with E-state index >= 15 is 0 Å². The third-order valence-corrected chi connectivity index (χ3v) is 3.37. The molecule has 0 N–H and O–H groups in total. The maximum Gasteiger partial charge on any atom is 0.227 e. The maximum atomic E-state index is 5.80. The average Bonchev–Trinajstić information content (AvgIpc) is 3.16. The van der Waals surface area contributed by atoms with Crippen molar-refractivity contribution in [2.75, 3.05) is 0 Å². The first-order chi connectivity index (χ1) is 10.3. The molecule has 0 spiro atoms. The van der Waals surface area contributed by atoms with Gasteiger partial charge in [0.25, 0.3) is 0 Å². The van der Waals surface area contributed by atoms with Crippen molar-refractivity contribution in [2.45, 2.75) is 6.92 Å². The fourth-order valence-corrected chi connectivity index (χ4v) is 2.27. The van der Waals surface area contributed by atoms with Crippen molar-refractivity contribution in [3.63, 3.8) is 0 Å². The van der Waals surface area contributed by atoms with Gasteiger partial charge in [0, 0.05) is 11.3 Å². The fourth-order valence-electron chi connectivity index (χ4n) is 2.27. The molecule has 102 valence electrons. The number of aromatic nitrogens is 4. The van der Waals surface area contributed by atoms with Crippen molar-refractivity contribution in [1.82, 2.24) is 19.7 Å². The number of hydrogen-bond donors (Lipinski definition) is 0. The minimum Gasteiger partial charge on any atom is -0.436 e. The van der Waals surface area contributed by atoms with Gasteiger partial charge in [-0.3, -0.25) is 4.57 Å². The Bertz CT molecular complexity index is 892. The average molecular weight is 276 g/mol. The van der Waals surface area contributed by atoms with E-state index in [0.717, 1.165) is 22.4 Å². The van der Waals surface area contributed by atoms with Crippen LogP contribution in [0.2, 0.25) is 0 Å². The van der Waals surface area contributed by atoms with E-state index in [2.05, 4.69) is 15.2 Å². The third-order valence-electron chi connectivity index (χ3n) is 3.37. The van der Waals surface area contributed by atoms with Crippen LogP contribution in [0.15, 0.2) is 59.5 Å². The van der Waals surface area contributed by atoms with E-state index in [1.165, 1.54) is 5.56 Å². The highest BCUT2D eigenvalue weighted by Crippen LogP contribution is 2.25. The van der Waals surface area contributed by atoms with Crippen LogP contribution in [0.3, 0.4) is 0 Å². The lowest BCUT2D eigenvalue weighted by Crippen LogP contribution is -1.89. The molecular weight excluding hydrogens is 264 g/mol. The Balaban J connectivity index is 1.74. The van der Waals surface area contributed by atoms with E-state index in [1.54, 1.807) is 12.7 Å². The van der Waals surface area contributed by atoms with Crippen molar-refractivity contribution in [2.24, 2.45) is 0 Å². The second kappa shape index (κ2) is 4.56. The van der Waals surface area contributed by atoms with Crippen molar-refractivity contribution < 1.29 is 4.42 Å². The van der Waals surface area contributed by atoms with Gasteiger partial charge in [0.05, 0.1) is 0 Å². The van der Waals surface area contributed by atoms with Crippen molar-refractivity contribution in [3.8, 4) is 17.1 Å². The molecule has 0 aliphatic rings. The topological polar surface area (TPSA) is 56.7 Å². The molecule has 2 aromatic carbocycles. The predicted molar refractivity (Wildman–Crippen MR) is 79.1 cm³/mol. The van der Waals surface area contributed by atoms with Gasteiger partial charge in [-0.15, -0.1) is 10.2 Å². The number of hydrogen-bond acceptors (Lipinski definition) is 4. The monoisotopic (exact) mass is 276 g/mol. The number of rotatable bonds is 2. The van der Waals surface area contributed by atoms with Crippen LogP contribution in [0.1, 0.15) is 5.56 Å². The highest BCUT2D eigenvalue weighted by atomic mass is 16.3. The van der Waals surface area contributed by atoms with Gasteiger partial charge < -0.3 is 4.42 Å². The Hall–Kier alpha value is -2.95. The van der Waals surface area contributed by atoms with Crippen molar-refractivity contribution >= 4 is 11.1 Å². The lowest BCUT2D eigenvalue weighted by Gasteiger charge is -2.01. The minimum atomic E-state index is 0.630. The molecule has 0 amide bonds. The van der Waals surface area contributed by atoms with Crippen LogP contribution in [0.4, 0.5) is 0 Å². The number of fused-ring (bicyclic) bond motifs is 1. The normalized spacial score (nSPS) is 11.1. The molecule has 0 atom stereocenters. The molecule has 0 unspecified atom stereocenters. The molecule has 5 nitrogen and oxygen atoms in total. The first kappa shape index (κ1) is 11.8. The van der Waals surface area contributed by atoms with Crippen molar-refractivity contribution in [3.05, 3.63) is 60.7 Å². The molecule has 0 aliphatic carbocycles. The number of nitrogens with zero attached hydrogens (tertiary/aromatic N) is 4. The fraction of sp³-hybridized carbons (Fsp3) is 0.0625. The van der Waals surface area contributed by atoms with Gasteiger partial charge in [0.2, 0.25) is 5.89 Å². The lowest BCUT2D eigenvalue weighted by atomic mass is 10.2. The van der Waals surface area contributed by atoms with Gasteiger partial charge in [-0.1, -0.05) is 6.07 Å². The standard InChI is InChI=1S/C16H12N4O/c1-11-2-7-15-14(8-11)19-16(21-15)12-3-5-13(6-4-12)20-9-17-18-10-20/h2-10H,1H3. The van der Waals surface area contributed by atoms with Gasteiger partial charge in [-0.05, 0) is 48.9 Å². The molecule has 0 saturated heterocycles. The Labute approximate surface area is 120 Å². The third kappa shape index (κ3) is 2.08. The zero-order valence-corrected chi connectivity index (χ0v) is 11.4. The van der Waals surface area contributed by atoms with Gasteiger partial charge in [0.15, 0.2) is 5.58 Å². The number of aryl methyl sites for hydroxylation is 1. The molecule has 0 bridgehead atoms. The largest absolute Gasteiger partial charge is 0.436 e. The molecule has 21 heavy (non-hydrogen) atoms.